The maximum atomic E-state index is 10.3. The third kappa shape index (κ3) is 2.25. The van der Waals surface area contributed by atoms with Gasteiger partial charge in [-0.3, -0.25) is 4.98 Å². The van der Waals surface area contributed by atoms with Gasteiger partial charge in [-0.05, 0) is 42.3 Å². The Hall–Kier alpha value is -2.78. The fourth-order valence-corrected chi connectivity index (χ4v) is 3.32. The predicted octanol–water partition coefficient (Wildman–Crippen LogP) is 5.36. The molecule has 0 saturated heterocycles. The number of halogens is 1. The molecule has 0 aliphatic rings. The highest BCUT2D eigenvalue weighted by Gasteiger charge is 2.19. The van der Waals surface area contributed by atoms with Gasteiger partial charge in [0.25, 0.3) is 0 Å². The van der Waals surface area contributed by atoms with Crippen molar-refractivity contribution >= 4 is 22.5 Å². The van der Waals surface area contributed by atoms with Crippen molar-refractivity contribution < 1.29 is 5.11 Å². The highest BCUT2D eigenvalue weighted by atomic mass is 35.5. The Kier molecular flexibility index (Phi) is 3.51. The summed E-state index contributed by atoms with van der Waals surface area (Å²) in [6.45, 7) is 2.02. The molecule has 4 aromatic rings. The van der Waals surface area contributed by atoms with E-state index in [1.54, 1.807) is 6.20 Å². The van der Waals surface area contributed by atoms with E-state index in [1.807, 2.05) is 61.5 Å². The Bertz CT molecular complexity index is 1020. The van der Waals surface area contributed by atoms with E-state index >= 15 is 0 Å². The van der Waals surface area contributed by atoms with Crippen molar-refractivity contribution in [2.24, 2.45) is 0 Å². The zero-order valence-electron chi connectivity index (χ0n) is 13.1. The first-order valence-corrected chi connectivity index (χ1v) is 8.04. The van der Waals surface area contributed by atoms with Crippen molar-refractivity contribution in [3.05, 3.63) is 77.6 Å². The normalized spacial score (nSPS) is 11.1. The first kappa shape index (κ1) is 14.8. The minimum atomic E-state index is 0.190. The van der Waals surface area contributed by atoms with Crippen LogP contribution in [0.15, 0.2) is 67.0 Å². The topological polar surface area (TPSA) is 38.0 Å². The Labute approximate surface area is 144 Å². The zero-order valence-corrected chi connectivity index (χ0v) is 13.8. The Balaban J connectivity index is 2.14. The van der Waals surface area contributed by atoms with Crippen LogP contribution in [0.1, 0.15) is 5.56 Å². The summed E-state index contributed by atoms with van der Waals surface area (Å²) < 4.78 is 2.13. The van der Waals surface area contributed by atoms with Gasteiger partial charge in [0, 0.05) is 16.1 Å². The van der Waals surface area contributed by atoms with Gasteiger partial charge in [0.05, 0.1) is 23.6 Å². The number of aromatic hydroxyl groups is 1. The van der Waals surface area contributed by atoms with Gasteiger partial charge >= 0.3 is 0 Å². The summed E-state index contributed by atoms with van der Waals surface area (Å²) in [6.07, 6.45) is 3.27. The molecule has 0 bridgehead atoms. The first-order chi connectivity index (χ1) is 11.7. The number of hydrogen-bond donors (Lipinski definition) is 1. The van der Waals surface area contributed by atoms with Crippen molar-refractivity contribution in [1.82, 2.24) is 9.55 Å². The molecule has 0 fully saturated rings. The molecule has 4 rings (SSSR count). The van der Waals surface area contributed by atoms with E-state index < -0.39 is 0 Å². The number of aromatic nitrogens is 2. The van der Waals surface area contributed by atoms with Crippen LogP contribution < -0.4 is 0 Å². The van der Waals surface area contributed by atoms with E-state index in [4.69, 9.17) is 11.6 Å². The molecule has 2 aromatic carbocycles. The molecule has 0 radical (unpaired) electrons. The van der Waals surface area contributed by atoms with E-state index in [1.165, 1.54) is 6.20 Å². The Morgan fingerprint density at radius 3 is 2.38 bits per heavy atom. The average Bonchev–Trinajstić information content (AvgIpc) is 2.90. The molecule has 0 atom stereocenters. The summed E-state index contributed by atoms with van der Waals surface area (Å²) in [4.78, 5) is 4.17. The van der Waals surface area contributed by atoms with E-state index in [0.29, 0.717) is 5.02 Å². The van der Waals surface area contributed by atoms with Gasteiger partial charge in [0.1, 0.15) is 5.75 Å². The lowest BCUT2D eigenvalue weighted by atomic mass is 10.1. The number of fused-ring (bicyclic) bond motifs is 1. The smallest absolute Gasteiger partial charge is 0.143 e. The number of pyridine rings is 1. The van der Waals surface area contributed by atoms with Gasteiger partial charge in [0.2, 0.25) is 0 Å². The lowest BCUT2D eigenvalue weighted by Gasteiger charge is -2.12. The lowest BCUT2D eigenvalue weighted by molar-refractivity contribution is 0.479. The van der Waals surface area contributed by atoms with E-state index in [-0.39, 0.29) is 5.75 Å². The first-order valence-electron chi connectivity index (χ1n) is 7.66. The number of para-hydroxylation sites is 1. The number of aryl methyl sites for hydroxylation is 1. The minimum absolute atomic E-state index is 0.190. The summed E-state index contributed by atoms with van der Waals surface area (Å²) in [5, 5.41) is 11.8. The molecular formula is C20H15ClN2O. The fraction of sp³-hybridized carbons (Fsp3) is 0.0500. The second kappa shape index (κ2) is 5.69. The number of hydrogen-bond acceptors (Lipinski definition) is 2. The molecule has 0 aliphatic carbocycles. The van der Waals surface area contributed by atoms with Gasteiger partial charge in [-0.25, -0.2) is 0 Å². The Morgan fingerprint density at radius 1 is 0.958 bits per heavy atom. The summed E-state index contributed by atoms with van der Waals surface area (Å²) in [6, 6.07) is 17.8. The maximum absolute atomic E-state index is 10.3. The van der Waals surface area contributed by atoms with Crippen LogP contribution in [0.3, 0.4) is 0 Å². The number of benzene rings is 2. The standard InChI is InChI=1S/C20H15ClN2O/c1-13-19-17(11-22-12-18(19)24)23(16-5-3-2-4-6-16)20(13)14-7-9-15(21)10-8-14/h2-12,24H,1H3. The molecular weight excluding hydrogens is 320 g/mol. The van der Waals surface area contributed by atoms with Crippen molar-refractivity contribution in [1.29, 1.82) is 0 Å². The molecule has 0 saturated carbocycles. The molecule has 0 amide bonds. The van der Waals surface area contributed by atoms with Crippen LogP contribution in [-0.4, -0.2) is 14.7 Å². The highest BCUT2D eigenvalue weighted by molar-refractivity contribution is 6.30. The van der Waals surface area contributed by atoms with Crippen LogP contribution >= 0.6 is 11.6 Å². The van der Waals surface area contributed by atoms with Crippen molar-refractivity contribution in [2.75, 3.05) is 0 Å². The molecule has 0 unspecified atom stereocenters. The van der Waals surface area contributed by atoms with Crippen LogP contribution in [0, 0.1) is 6.92 Å². The summed E-state index contributed by atoms with van der Waals surface area (Å²) >= 11 is 6.04. The fourth-order valence-electron chi connectivity index (χ4n) is 3.20. The molecule has 4 heteroatoms. The summed E-state index contributed by atoms with van der Waals surface area (Å²) in [7, 11) is 0. The van der Waals surface area contributed by atoms with Gasteiger partial charge < -0.3 is 9.67 Å². The zero-order chi connectivity index (χ0) is 16.7. The van der Waals surface area contributed by atoms with Crippen LogP contribution in [0.4, 0.5) is 0 Å². The SMILES string of the molecule is Cc1c(-c2ccc(Cl)cc2)n(-c2ccccc2)c2cncc(O)c12. The molecule has 2 aromatic heterocycles. The molecule has 3 nitrogen and oxygen atoms in total. The van der Waals surface area contributed by atoms with E-state index in [2.05, 4.69) is 9.55 Å². The molecule has 0 aliphatic heterocycles. The van der Waals surface area contributed by atoms with Crippen molar-refractivity contribution in [2.45, 2.75) is 6.92 Å². The third-order valence-electron chi connectivity index (χ3n) is 4.23. The third-order valence-corrected chi connectivity index (χ3v) is 4.48. The van der Waals surface area contributed by atoms with Crippen molar-refractivity contribution in [3.63, 3.8) is 0 Å². The van der Waals surface area contributed by atoms with Gasteiger partial charge in [-0.1, -0.05) is 41.9 Å². The highest BCUT2D eigenvalue weighted by Crippen LogP contribution is 2.39. The van der Waals surface area contributed by atoms with Gasteiger partial charge in [0.15, 0.2) is 0 Å². The molecule has 0 spiro atoms. The lowest BCUT2D eigenvalue weighted by Crippen LogP contribution is -1.97. The van der Waals surface area contributed by atoms with Crippen molar-refractivity contribution in [3.8, 4) is 22.7 Å². The summed E-state index contributed by atoms with van der Waals surface area (Å²) in [5.74, 6) is 0.190. The van der Waals surface area contributed by atoms with E-state index in [9.17, 15) is 5.11 Å². The predicted molar refractivity (Wildman–Crippen MR) is 97.9 cm³/mol. The van der Waals surface area contributed by atoms with E-state index in [0.717, 1.165) is 33.4 Å². The Morgan fingerprint density at radius 2 is 1.67 bits per heavy atom. The molecule has 24 heavy (non-hydrogen) atoms. The number of rotatable bonds is 2. The van der Waals surface area contributed by atoms with Crippen LogP contribution in [0.25, 0.3) is 27.8 Å². The molecule has 1 N–H and O–H groups in total. The largest absolute Gasteiger partial charge is 0.506 e. The van der Waals surface area contributed by atoms with Gasteiger partial charge in [-0.15, -0.1) is 0 Å². The second-order valence-corrected chi connectivity index (χ2v) is 6.14. The monoisotopic (exact) mass is 334 g/mol. The number of nitrogens with zero attached hydrogens (tertiary/aromatic N) is 2. The summed E-state index contributed by atoms with van der Waals surface area (Å²) in [5.41, 5.74) is 4.97. The molecule has 2 heterocycles. The van der Waals surface area contributed by atoms with Crippen LogP contribution in [0.5, 0.6) is 5.75 Å². The minimum Gasteiger partial charge on any atom is -0.506 e. The van der Waals surface area contributed by atoms with Crippen LogP contribution in [-0.2, 0) is 0 Å². The second-order valence-electron chi connectivity index (χ2n) is 5.70. The average molecular weight is 335 g/mol. The van der Waals surface area contributed by atoms with Gasteiger partial charge in [-0.2, -0.15) is 0 Å². The maximum Gasteiger partial charge on any atom is 0.143 e. The van der Waals surface area contributed by atoms with Crippen LogP contribution in [0.2, 0.25) is 5.02 Å². The molecule has 118 valence electrons. The quantitative estimate of drug-likeness (QED) is 0.536.